The van der Waals surface area contributed by atoms with Gasteiger partial charge in [-0.1, -0.05) is 11.6 Å². The summed E-state index contributed by atoms with van der Waals surface area (Å²) < 4.78 is 5.53. The number of hydrogen-bond acceptors (Lipinski definition) is 7. The molecular formula is C20H28ClN5O6. The number of methoxy groups -OCH3 is 1. The summed E-state index contributed by atoms with van der Waals surface area (Å²) in [6.07, 6.45) is 1.08. The average Bonchev–Trinajstić information content (AvgIpc) is 2.77. The molecule has 0 aliphatic carbocycles. The first-order valence-corrected chi connectivity index (χ1v) is 10.8. The Morgan fingerprint density at radius 3 is 2.59 bits per heavy atom. The molecule has 1 aromatic heterocycles. The molecule has 0 bridgehead atoms. The quantitative estimate of drug-likeness (QED) is 0.444. The molecule has 0 unspecified atom stereocenters. The van der Waals surface area contributed by atoms with E-state index in [9.17, 15) is 19.2 Å². The van der Waals surface area contributed by atoms with Crippen LogP contribution in [0.4, 0.5) is 5.82 Å². The molecule has 3 rings (SSSR count). The minimum Gasteiger partial charge on any atom is -0.481 e. The fourth-order valence-corrected chi connectivity index (χ4v) is 4.29. The van der Waals surface area contributed by atoms with E-state index in [0.29, 0.717) is 45.4 Å². The Hall–Kier alpha value is -2.63. The molecule has 2 amide bonds. The third-order valence-electron chi connectivity index (χ3n) is 6.08. The highest BCUT2D eigenvalue weighted by Crippen LogP contribution is 2.19. The number of piperidine rings is 2. The Morgan fingerprint density at radius 2 is 1.97 bits per heavy atom. The second kappa shape index (κ2) is 10.3. The number of carbonyl (C=O) groups is 3. The number of H-pyrrole nitrogens is 1. The van der Waals surface area contributed by atoms with Crippen molar-refractivity contribution in [2.75, 3.05) is 45.6 Å². The molecular weight excluding hydrogens is 442 g/mol. The van der Waals surface area contributed by atoms with Gasteiger partial charge in [0.2, 0.25) is 5.91 Å². The fraction of sp³-hybridized carbons (Fsp3) is 0.600. The summed E-state index contributed by atoms with van der Waals surface area (Å²) in [5.41, 5.74) is 4.78. The third kappa shape index (κ3) is 5.59. The van der Waals surface area contributed by atoms with E-state index in [1.807, 2.05) is 4.90 Å². The number of nitrogens with zero attached hydrogens (tertiary/aromatic N) is 2. The van der Waals surface area contributed by atoms with E-state index in [0.717, 1.165) is 0 Å². The lowest BCUT2D eigenvalue weighted by Crippen LogP contribution is -2.57. The SMILES string of the molecule is CO[C@H]1CN(CC(=O)N2CCC(C(=O)O)CC2)CC[C@H]1NC(=O)c1cc(Cl)c(N)[nH]c1=O. The second-order valence-electron chi connectivity index (χ2n) is 8.14. The number of aromatic amines is 1. The van der Waals surface area contributed by atoms with Gasteiger partial charge in [0.25, 0.3) is 11.5 Å². The number of nitrogens with one attached hydrogen (secondary N) is 2. The number of carboxylic acids is 1. The van der Waals surface area contributed by atoms with Crippen molar-refractivity contribution < 1.29 is 24.2 Å². The molecule has 12 heteroatoms. The van der Waals surface area contributed by atoms with Crippen molar-refractivity contribution in [2.24, 2.45) is 5.92 Å². The average molecular weight is 470 g/mol. The van der Waals surface area contributed by atoms with E-state index < -0.39 is 17.4 Å². The number of ether oxygens (including phenoxy) is 1. The summed E-state index contributed by atoms with van der Waals surface area (Å²) in [6.45, 7) is 2.06. The number of rotatable bonds is 6. The minimum absolute atomic E-state index is 0.00635. The van der Waals surface area contributed by atoms with Crippen molar-refractivity contribution in [2.45, 2.75) is 31.4 Å². The molecule has 11 nitrogen and oxygen atoms in total. The Morgan fingerprint density at radius 1 is 1.28 bits per heavy atom. The van der Waals surface area contributed by atoms with Crippen LogP contribution < -0.4 is 16.6 Å². The van der Waals surface area contributed by atoms with Gasteiger partial charge in [-0.25, -0.2) is 0 Å². The van der Waals surface area contributed by atoms with Gasteiger partial charge in [0.1, 0.15) is 11.4 Å². The van der Waals surface area contributed by atoms with Crippen LogP contribution in [0.1, 0.15) is 29.6 Å². The Kier molecular flexibility index (Phi) is 7.75. The van der Waals surface area contributed by atoms with Crippen LogP contribution in [0.3, 0.4) is 0 Å². The number of nitrogen functional groups attached to an aromatic ring is 1. The first kappa shape index (κ1) is 24.0. The summed E-state index contributed by atoms with van der Waals surface area (Å²) in [4.78, 5) is 54.3. The maximum absolute atomic E-state index is 12.6. The highest BCUT2D eigenvalue weighted by atomic mass is 35.5. The number of carboxylic acid groups (broad SMARTS) is 1. The van der Waals surface area contributed by atoms with Crippen molar-refractivity contribution in [3.63, 3.8) is 0 Å². The van der Waals surface area contributed by atoms with Crippen LogP contribution in [0.15, 0.2) is 10.9 Å². The number of amides is 2. The molecule has 0 radical (unpaired) electrons. The predicted molar refractivity (Wildman–Crippen MR) is 117 cm³/mol. The van der Waals surface area contributed by atoms with Gasteiger partial charge in [-0.05, 0) is 25.3 Å². The van der Waals surface area contributed by atoms with Gasteiger partial charge in [0, 0.05) is 33.3 Å². The normalized spacial score (nSPS) is 22.5. The zero-order chi connectivity index (χ0) is 23.4. The Balaban J connectivity index is 1.54. The molecule has 2 aliphatic heterocycles. The number of likely N-dealkylation sites (tertiary alicyclic amines) is 2. The van der Waals surface area contributed by atoms with Crippen LogP contribution in [0.25, 0.3) is 0 Å². The lowest BCUT2D eigenvalue weighted by Gasteiger charge is -2.39. The smallest absolute Gasteiger partial charge is 0.306 e. The molecule has 3 heterocycles. The first-order valence-electron chi connectivity index (χ1n) is 10.4. The van der Waals surface area contributed by atoms with Gasteiger partial charge in [0.05, 0.1) is 29.6 Å². The number of anilines is 1. The van der Waals surface area contributed by atoms with Gasteiger partial charge >= 0.3 is 5.97 Å². The van der Waals surface area contributed by atoms with Crippen LogP contribution in [0.5, 0.6) is 0 Å². The summed E-state index contributed by atoms with van der Waals surface area (Å²) in [5, 5.41) is 12.0. The molecule has 0 saturated carbocycles. The van der Waals surface area contributed by atoms with E-state index >= 15 is 0 Å². The summed E-state index contributed by atoms with van der Waals surface area (Å²) in [5.74, 6) is -1.83. The minimum atomic E-state index is -0.813. The maximum atomic E-state index is 12.6. The molecule has 2 fully saturated rings. The van der Waals surface area contributed by atoms with Crippen molar-refractivity contribution in [3.8, 4) is 0 Å². The lowest BCUT2D eigenvalue weighted by molar-refractivity contribution is -0.146. The molecule has 5 N–H and O–H groups in total. The van der Waals surface area contributed by atoms with Crippen molar-refractivity contribution in [1.29, 1.82) is 0 Å². The number of aromatic nitrogens is 1. The number of carbonyl (C=O) groups excluding carboxylic acids is 2. The van der Waals surface area contributed by atoms with Gasteiger partial charge in [-0.15, -0.1) is 0 Å². The zero-order valence-corrected chi connectivity index (χ0v) is 18.6. The molecule has 32 heavy (non-hydrogen) atoms. The van der Waals surface area contributed by atoms with E-state index in [1.54, 1.807) is 4.90 Å². The van der Waals surface area contributed by atoms with E-state index in [-0.39, 0.29) is 46.9 Å². The number of halogens is 1. The fourth-order valence-electron chi connectivity index (χ4n) is 4.13. The van der Waals surface area contributed by atoms with Crippen LogP contribution in [0, 0.1) is 5.92 Å². The standard InChI is InChI=1S/C20H28ClN5O6/c1-32-15-9-25(10-16(27)26-6-2-11(3-7-26)20(30)31)5-4-14(15)23-18(28)12-8-13(21)17(22)24-19(12)29/h8,11,14-15H,2-7,9-10H2,1H3,(H,23,28)(H,30,31)(H3,22,24,29)/t14-,15+/m1/s1. The van der Waals surface area contributed by atoms with Gasteiger partial charge in [-0.2, -0.15) is 0 Å². The largest absolute Gasteiger partial charge is 0.481 e. The van der Waals surface area contributed by atoms with Crippen molar-refractivity contribution >= 4 is 35.2 Å². The maximum Gasteiger partial charge on any atom is 0.306 e. The molecule has 0 aromatic carbocycles. The summed E-state index contributed by atoms with van der Waals surface area (Å²) in [7, 11) is 1.53. The first-order chi connectivity index (χ1) is 15.2. The highest BCUT2D eigenvalue weighted by Gasteiger charge is 2.33. The zero-order valence-electron chi connectivity index (χ0n) is 17.8. The van der Waals surface area contributed by atoms with E-state index in [1.165, 1.54) is 13.2 Å². The number of pyridine rings is 1. The molecule has 2 aliphatic rings. The van der Waals surface area contributed by atoms with E-state index in [2.05, 4.69) is 10.3 Å². The van der Waals surface area contributed by atoms with Crippen LogP contribution >= 0.6 is 11.6 Å². The van der Waals surface area contributed by atoms with Gasteiger partial charge < -0.3 is 30.8 Å². The van der Waals surface area contributed by atoms with Gasteiger partial charge in [-0.3, -0.25) is 24.1 Å². The molecule has 176 valence electrons. The second-order valence-corrected chi connectivity index (χ2v) is 8.55. The van der Waals surface area contributed by atoms with E-state index in [4.69, 9.17) is 27.2 Å². The lowest BCUT2D eigenvalue weighted by atomic mass is 9.97. The third-order valence-corrected chi connectivity index (χ3v) is 6.40. The monoisotopic (exact) mass is 469 g/mol. The molecule has 0 spiro atoms. The molecule has 2 saturated heterocycles. The Labute approximate surface area is 189 Å². The van der Waals surface area contributed by atoms with Gasteiger partial charge in [0.15, 0.2) is 0 Å². The summed E-state index contributed by atoms with van der Waals surface area (Å²) >= 11 is 5.91. The number of aliphatic carboxylic acids is 1. The van der Waals surface area contributed by atoms with Crippen LogP contribution in [-0.4, -0.2) is 89.7 Å². The van der Waals surface area contributed by atoms with Crippen molar-refractivity contribution in [1.82, 2.24) is 20.1 Å². The predicted octanol–water partition coefficient (Wildman–Crippen LogP) is -0.247. The van der Waals surface area contributed by atoms with Crippen LogP contribution in [-0.2, 0) is 14.3 Å². The molecule has 1 aromatic rings. The summed E-state index contributed by atoms with van der Waals surface area (Å²) in [6, 6.07) is 0.884. The molecule has 2 atom stereocenters. The van der Waals surface area contributed by atoms with Crippen molar-refractivity contribution in [3.05, 3.63) is 27.0 Å². The number of hydrogen-bond donors (Lipinski definition) is 4. The highest BCUT2D eigenvalue weighted by molar-refractivity contribution is 6.33. The Bertz CT molecular complexity index is 930. The number of nitrogens with two attached hydrogens (primary N) is 1. The topological polar surface area (TPSA) is 158 Å². The van der Waals surface area contributed by atoms with Crippen LogP contribution in [0.2, 0.25) is 5.02 Å².